The SMILES string of the molecule is COC(=O)c1ccc2c(c1)NC(=O)/C2=C(\Nc1ccc(CN(C)C)cc1)c1ccc2scnc2c1. The standard InChI is InChI=1S/C27H24N4O3S/c1-31(2)14-16-4-8-19(9-5-16)29-25(17-7-11-23-22(12-17)28-15-35-23)24-20-10-6-18(27(33)34-3)13-21(20)30-26(24)32/h4-13,15,29H,14H2,1-3H3,(H,30,32)/b25-24-. The number of carbonyl (C=O) groups excluding carboxylic acids is 2. The number of fused-ring (bicyclic) bond motifs is 2. The van der Waals surface area contributed by atoms with Crippen LogP contribution in [0.4, 0.5) is 11.4 Å². The molecule has 4 aromatic rings. The molecule has 1 aromatic heterocycles. The smallest absolute Gasteiger partial charge is 0.337 e. The molecule has 1 aliphatic rings. The molecule has 0 radical (unpaired) electrons. The molecule has 0 atom stereocenters. The molecule has 0 fully saturated rings. The molecular formula is C27H24N4O3S. The summed E-state index contributed by atoms with van der Waals surface area (Å²) in [6.07, 6.45) is 0. The van der Waals surface area contributed by atoms with Gasteiger partial charge in [-0.25, -0.2) is 9.78 Å². The third-order valence-electron chi connectivity index (χ3n) is 5.78. The largest absolute Gasteiger partial charge is 0.465 e. The Labute approximate surface area is 207 Å². The van der Waals surface area contributed by atoms with Gasteiger partial charge in [0, 0.05) is 23.4 Å². The second-order valence-electron chi connectivity index (χ2n) is 8.55. The molecule has 0 spiro atoms. The minimum atomic E-state index is -0.454. The van der Waals surface area contributed by atoms with Gasteiger partial charge in [0.15, 0.2) is 0 Å². The van der Waals surface area contributed by atoms with E-state index in [2.05, 4.69) is 32.7 Å². The first-order valence-electron chi connectivity index (χ1n) is 11.1. The Morgan fingerprint density at radius 2 is 1.83 bits per heavy atom. The summed E-state index contributed by atoms with van der Waals surface area (Å²) < 4.78 is 5.90. The Balaban J connectivity index is 1.62. The molecule has 0 saturated carbocycles. The number of benzene rings is 3. The van der Waals surface area contributed by atoms with E-state index in [4.69, 9.17) is 4.74 Å². The van der Waals surface area contributed by atoms with E-state index in [9.17, 15) is 9.59 Å². The molecule has 5 rings (SSSR count). The lowest BCUT2D eigenvalue weighted by molar-refractivity contribution is -0.110. The molecular weight excluding hydrogens is 460 g/mol. The number of nitrogens with one attached hydrogen (secondary N) is 2. The van der Waals surface area contributed by atoms with Crippen molar-refractivity contribution in [2.45, 2.75) is 6.54 Å². The van der Waals surface area contributed by atoms with Crippen LogP contribution < -0.4 is 10.6 Å². The van der Waals surface area contributed by atoms with Crippen molar-refractivity contribution in [3.8, 4) is 0 Å². The fourth-order valence-corrected chi connectivity index (χ4v) is 4.82. The molecule has 8 heteroatoms. The molecule has 3 aromatic carbocycles. The Morgan fingerprint density at radius 1 is 1.06 bits per heavy atom. The second-order valence-corrected chi connectivity index (χ2v) is 9.44. The van der Waals surface area contributed by atoms with Gasteiger partial charge in [-0.2, -0.15) is 0 Å². The minimum absolute atomic E-state index is 0.243. The number of hydrogen-bond donors (Lipinski definition) is 2. The van der Waals surface area contributed by atoms with E-state index in [1.54, 1.807) is 29.5 Å². The number of nitrogens with zero attached hydrogens (tertiary/aromatic N) is 2. The molecule has 1 aliphatic heterocycles. The van der Waals surface area contributed by atoms with E-state index in [1.165, 1.54) is 12.7 Å². The summed E-state index contributed by atoms with van der Waals surface area (Å²) in [6.45, 7) is 0.840. The van der Waals surface area contributed by atoms with Crippen LogP contribution in [0.1, 0.15) is 27.0 Å². The Morgan fingerprint density at radius 3 is 2.57 bits per heavy atom. The van der Waals surface area contributed by atoms with Crippen molar-refractivity contribution in [2.24, 2.45) is 0 Å². The van der Waals surface area contributed by atoms with Crippen LogP contribution in [0.5, 0.6) is 0 Å². The maximum Gasteiger partial charge on any atom is 0.337 e. The number of carbonyl (C=O) groups is 2. The minimum Gasteiger partial charge on any atom is -0.465 e. The average Bonchev–Trinajstić information content (AvgIpc) is 3.45. The zero-order chi connectivity index (χ0) is 24.5. The quantitative estimate of drug-likeness (QED) is 0.293. The van der Waals surface area contributed by atoms with E-state index in [0.29, 0.717) is 28.1 Å². The average molecular weight is 485 g/mol. The van der Waals surface area contributed by atoms with E-state index in [1.807, 2.05) is 49.9 Å². The summed E-state index contributed by atoms with van der Waals surface area (Å²) in [6, 6.07) is 19.2. The van der Waals surface area contributed by atoms with Gasteiger partial charge in [-0.1, -0.05) is 24.3 Å². The summed E-state index contributed by atoms with van der Waals surface area (Å²) in [5.74, 6) is -0.697. The number of thiazole rings is 1. The van der Waals surface area contributed by atoms with Crippen molar-refractivity contribution in [3.05, 3.63) is 88.4 Å². The van der Waals surface area contributed by atoms with Crippen LogP contribution in [0.25, 0.3) is 21.5 Å². The van der Waals surface area contributed by atoms with Gasteiger partial charge < -0.3 is 20.3 Å². The monoisotopic (exact) mass is 484 g/mol. The van der Waals surface area contributed by atoms with Crippen molar-refractivity contribution in [3.63, 3.8) is 0 Å². The normalized spacial score (nSPS) is 14.1. The number of rotatable bonds is 6. The third kappa shape index (κ3) is 4.53. The van der Waals surface area contributed by atoms with Crippen LogP contribution in [0.3, 0.4) is 0 Å². The lowest BCUT2D eigenvalue weighted by Crippen LogP contribution is -2.11. The first kappa shape index (κ1) is 22.8. The van der Waals surface area contributed by atoms with Crippen LogP contribution in [0, 0.1) is 0 Å². The topological polar surface area (TPSA) is 83.6 Å². The lowest BCUT2D eigenvalue weighted by atomic mass is 9.98. The Kier molecular flexibility index (Phi) is 6.07. The summed E-state index contributed by atoms with van der Waals surface area (Å²) >= 11 is 1.57. The van der Waals surface area contributed by atoms with Crippen LogP contribution >= 0.6 is 11.3 Å². The summed E-state index contributed by atoms with van der Waals surface area (Å²) in [4.78, 5) is 31.8. The molecule has 7 nitrogen and oxygen atoms in total. The maximum atomic E-state index is 13.2. The zero-order valence-electron chi connectivity index (χ0n) is 19.6. The van der Waals surface area contributed by atoms with Crippen LogP contribution in [0.2, 0.25) is 0 Å². The fourth-order valence-electron chi connectivity index (χ4n) is 4.16. The van der Waals surface area contributed by atoms with Crippen LogP contribution in [0.15, 0.2) is 66.2 Å². The van der Waals surface area contributed by atoms with Gasteiger partial charge in [-0.3, -0.25) is 4.79 Å². The Bertz CT molecular complexity index is 1470. The first-order valence-corrected chi connectivity index (χ1v) is 11.9. The van der Waals surface area contributed by atoms with Gasteiger partial charge in [0.25, 0.3) is 5.91 Å². The van der Waals surface area contributed by atoms with E-state index in [0.717, 1.165) is 28.0 Å². The van der Waals surface area contributed by atoms with Crippen molar-refractivity contribution in [1.82, 2.24) is 9.88 Å². The number of anilines is 2. The molecule has 35 heavy (non-hydrogen) atoms. The molecule has 0 aliphatic carbocycles. The van der Waals surface area contributed by atoms with Gasteiger partial charge in [0.05, 0.1) is 45.4 Å². The first-order chi connectivity index (χ1) is 16.9. The summed E-state index contributed by atoms with van der Waals surface area (Å²) in [5.41, 5.74) is 8.41. The number of aromatic nitrogens is 1. The molecule has 2 N–H and O–H groups in total. The lowest BCUT2D eigenvalue weighted by Gasteiger charge is -2.16. The molecule has 0 unspecified atom stereocenters. The molecule has 0 bridgehead atoms. The third-order valence-corrected chi connectivity index (χ3v) is 6.59. The molecule has 2 heterocycles. The Hall–Kier alpha value is -4.01. The van der Waals surface area contributed by atoms with E-state index in [-0.39, 0.29) is 5.91 Å². The highest BCUT2D eigenvalue weighted by Crippen LogP contribution is 2.39. The molecule has 176 valence electrons. The highest BCUT2D eigenvalue weighted by atomic mass is 32.1. The highest BCUT2D eigenvalue weighted by molar-refractivity contribution is 7.16. The molecule has 1 amide bonds. The fraction of sp³-hybridized carbons (Fsp3) is 0.148. The van der Waals surface area contributed by atoms with E-state index < -0.39 is 5.97 Å². The number of hydrogen-bond acceptors (Lipinski definition) is 7. The molecule has 0 saturated heterocycles. The zero-order valence-corrected chi connectivity index (χ0v) is 20.4. The van der Waals surface area contributed by atoms with Gasteiger partial charge in [-0.05, 0) is 56.1 Å². The second kappa shape index (κ2) is 9.32. The van der Waals surface area contributed by atoms with Crippen molar-refractivity contribution >= 4 is 56.1 Å². The summed E-state index contributed by atoms with van der Waals surface area (Å²) in [7, 11) is 5.40. The highest BCUT2D eigenvalue weighted by Gasteiger charge is 2.29. The van der Waals surface area contributed by atoms with Crippen molar-refractivity contribution in [1.29, 1.82) is 0 Å². The van der Waals surface area contributed by atoms with Crippen molar-refractivity contribution in [2.75, 3.05) is 31.8 Å². The number of amides is 1. The predicted molar refractivity (Wildman–Crippen MR) is 140 cm³/mol. The number of methoxy groups -OCH3 is 1. The predicted octanol–water partition coefficient (Wildman–Crippen LogP) is 5.08. The van der Waals surface area contributed by atoms with Crippen molar-refractivity contribution < 1.29 is 14.3 Å². The summed E-state index contributed by atoms with van der Waals surface area (Å²) in [5, 5.41) is 6.39. The van der Waals surface area contributed by atoms with E-state index >= 15 is 0 Å². The van der Waals surface area contributed by atoms with Gasteiger partial charge >= 0.3 is 5.97 Å². The number of esters is 1. The van der Waals surface area contributed by atoms with Gasteiger partial charge in [-0.15, -0.1) is 11.3 Å². The van der Waals surface area contributed by atoms with Crippen LogP contribution in [-0.2, 0) is 16.1 Å². The number of ether oxygens (including phenoxy) is 1. The van der Waals surface area contributed by atoms with Gasteiger partial charge in [0.1, 0.15) is 0 Å². The van der Waals surface area contributed by atoms with Crippen LogP contribution in [-0.4, -0.2) is 43.0 Å². The maximum absolute atomic E-state index is 13.2. The van der Waals surface area contributed by atoms with Gasteiger partial charge in [0.2, 0.25) is 0 Å².